The molecule has 0 heterocycles. The van der Waals surface area contributed by atoms with E-state index in [1.165, 1.54) is 0 Å². The Balaban J connectivity index is 4.11. The first kappa shape index (κ1) is 11.7. The fourth-order valence-corrected chi connectivity index (χ4v) is 0.835. The van der Waals surface area contributed by atoms with Crippen LogP contribution in [0.5, 0.6) is 0 Å². The Morgan fingerprint density at radius 3 is 2.62 bits per heavy atom. The molecule has 0 bridgehead atoms. The Bertz CT molecular complexity index is 204. The summed E-state index contributed by atoms with van der Waals surface area (Å²) in [7, 11) is 1.71. The maximum absolute atomic E-state index is 11.4. The van der Waals surface area contributed by atoms with Crippen LogP contribution in [0, 0.1) is 0 Å². The molecule has 0 fully saturated rings. The van der Waals surface area contributed by atoms with E-state index >= 15 is 0 Å². The zero-order chi connectivity index (χ0) is 10.4. The Labute approximate surface area is 78.2 Å². The summed E-state index contributed by atoms with van der Waals surface area (Å²) >= 11 is 0. The molecule has 0 aromatic heterocycles. The standard InChI is InChI=1S/C8H17N3O2/c1-4-6(2)11(3)8(12)5-7(9)10-13/h6,13H,4-5H2,1-3H3,(H2,9,10). The summed E-state index contributed by atoms with van der Waals surface area (Å²) in [6.07, 6.45) is 0.857. The molecule has 0 spiro atoms. The molecule has 5 nitrogen and oxygen atoms in total. The zero-order valence-electron chi connectivity index (χ0n) is 8.32. The number of oxime groups is 1. The summed E-state index contributed by atoms with van der Waals surface area (Å²) < 4.78 is 0. The van der Waals surface area contributed by atoms with Crippen molar-refractivity contribution in [3.63, 3.8) is 0 Å². The Morgan fingerprint density at radius 2 is 2.23 bits per heavy atom. The Kier molecular flexibility index (Phi) is 4.87. The molecule has 0 aromatic carbocycles. The van der Waals surface area contributed by atoms with Gasteiger partial charge in [-0.1, -0.05) is 12.1 Å². The lowest BCUT2D eigenvalue weighted by Gasteiger charge is -2.23. The van der Waals surface area contributed by atoms with Gasteiger partial charge in [0.2, 0.25) is 5.91 Å². The van der Waals surface area contributed by atoms with E-state index in [1.807, 2.05) is 13.8 Å². The van der Waals surface area contributed by atoms with Gasteiger partial charge in [-0.05, 0) is 13.3 Å². The van der Waals surface area contributed by atoms with Gasteiger partial charge in [0, 0.05) is 13.1 Å². The highest BCUT2D eigenvalue weighted by Crippen LogP contribution is 2.02. The fourth-order valence-electron chi connectivity index (χ4n) is 0.835. The molecular weight excluding hydrogens is 170 g/mol. The van der Waals surface area contributed by atoms with Gasteiger partial charge < -0.3 is 15.8 Å². The third kappa shape index (κ3) is 3.78. The maximum atomic E-state index is 11.4. The summed E-state index contributed by atoms with van der Waals surface area (Å²) in [6, 6.07) is 0.180. The van der Waals surface area contributed by atoms with Crippen LogP contribution in [0.15, 0.2) is 5.16 Å². The monoisotopic (exact) mass is 187 g/mol. The molecule has 3 N–H and O–H groups in total. The van der Waals surface area contributed by atoms with Crippen LogP contribution < -0.4 is 5.73 Å². The van der Waals surface area contributed by atoms with Crippen molar-refractivity contribution in [2.75, 3.05) is 7.05 Å². The minimum absolute atomic E-state index is 0.0304. The van der Waals surface area contributed by atoms with E-state index in [2.05, 4.69) is 5.16 Å². The smallest absolute Gasteiger partial charge is 0.230 e. The Morgan fingerprint density at radius 1 is 1.69 bits per heavy atom. The average Bonchev–Trinajstić information content (AvgIpc) is 2.14. The molecule has 0 aliphatic rings. The van der Waals surface area contributed by atoms with Crippen LogP contribution >= 0.6 is 0 Å². The van der Waals surface area contributed by atoms with Crippen molar-refractivity contribution in [3.05, 3.63) is 0 Å². The van der Waals surface area contributed by atoms with Gasteiger partial charge in [-0.15, -0.1) is 0 Å². The number of amides is 1. The number of hydrogen-bond acceptors (Lipinski definition) is 3. The van der Waals surface area contributed by atoms with Crippen LogP contribution in [0.2, 0.25) is 0 Å². The minimum atomic E-state index is -0.135. The topological polar surface area (TPSA) is 78.9 Å². The molecule has 1 amide bonds. The van der Waals surface area contributed by atoms with Gasteiger partial charge in [-0.25, -0.2) is 0 Å². The lowest BCUT2D eigenvalue weighted by Crippen LogP contribution is -2.36. The summed E-state index contributed by atoms with van der Waals surface area (Å²) in [4.78, 5) is 13.0. The number of nitrogens with zero attached hydrogens (tertiary/aromatic N) is 2. The number of nitrogens with two attached hydrogens (primary N) is 1. The molecule has 0 aliphatic heterocycles. The molecule has 0 aromatic rings. The summed E-state index contributed by atoms with van der Waals surface area (Å²) in [5.41, 5.74) is 5.21. The van der Waals surface area contributed by atoms with Gasteiger partial charge in [-0.2, -0.15) is 0 Å². The van der Waals surface area contributed by atoms with E-state index in [1.54, 1.807) is 11.9 Å². The van der Waals surface area contributed by atoms with E-state index in [0.717, 1.165) is 6.42 Å². The van der Waals surface area contributed by atoms with Crippen LogP contribution in [-0.2, 0) is 4.79 Å². The predicted octanol–water partition coefficient (Wildman–Crippen LogP) is 0.380. The summed E-state index contributed by atoms with van der Waals surface area (Å²) in [6.45, 7) is 3.95. The largest absolute Gasteiger partial charge is 0.409 e. The van der Waals surface area contributed by atoms with Crippen molar-refractivity contribution in [1.82, 2.24) is 4.90 Å². The molecule has 13 heavy (non-hydrogen) atoms. The average molecular weight is 187 g/mol. The molecular formula is C8H17N3O2. The van der Waals surface area contributed by atoms with Crippen molar-refractivity contribution >= 4 is 11.7 Å². The van der Waals surface area contributed by atoms with Crippen molar-refractivity contribution < 1.29 is 10.0 Å². The molecule has 0 aliphatic carbocycles. The first-order valence-electron chi connectivity index (χ1n) is 4.25. The lowest BCUT2D eigenvalue weighted by molar-refractivity contribution is -0.130. The molecule has 0 saturated carbocycles. The molecule has 1 unspecified atom stereocenters. The van der Waals surface area contributed by atoms with Crippen molar-refractivity contribution in [3.8, 4) is 0 Å². The van der Waals surface area contributed by atoms with E-state index in [-0.39, 0.29) is 24.2 Å². The molecule has 0 radical (unpaired) electrons. The second kappa shape index (κ2) is 5.40. The SMILES string of the molecule is CCC(C)N(C)C(=O)C/C(N)=N/O. The third-order valence-electron chi connectivity index (χ3n) is 2.11. The first-order chi connectivity index (χ1) is 6.02. The first-order valence-corrected chi connectivity index (χ1v) is 4.25. The van der Waals surface area contributed by atoms with Gasteiger partial charge in [0.15, 0.2) is 0 Å². The fraction of sp³-hybridized carbons (Fsp3) is 0.750. The highest BCUT2D eigenvalue weighted by molar-refractivity contribution is 5.98. The van der Waals surface area contributed by atoms with Gasteiger partial charge in [0.1, 0.15) is 5.84 Å². The number of amidine groups is 1. The van der Waals surface area contributed by atoms with E-state index in [4.69, 9.17) is 10.9 Å². The van der Waals surface area contributed by atoms with Crippen LogP contribution in [0.1, 0.15) is 26.7 Å². The number of hydrogen-bond donors (Lipinski definition) is 2. The van der Waals surface area contributed by atoms with Crippen LogP contribution in [0.25, 0.3) is 0 Å². The van der Waals surface area contributed by atoms with Crippen molar-refractivity contribution in [1.29, 1.82) is 0 Å². The van der Waals surface area contributed by atoms with Gasteiger partial charge >= 0.3 is 0 Å². The van der Waals surface area contributed by atoms with Crippen molar-refractivity contribution in [2.24, 2.45) is 10.9 Å². The van der Waals surface area contributed by atoms with E-state index in [0.29, 0.717) is 0 Å². The Hall–Kier alpha value is -1.26. The molecule has 1 atom stereocenters. The quantitative estimate of drug-likeness (QED) is 0.289. The number of carbonyl (C=O) groups is 1. The van der Waals surface area contributed by atoms with Crippen molar-refractivity contribution in [2.45, 2.75) is 32.7 Å². The molecule has 0 rings (SSSR count). The summed E-state index contributed by atoms with van der Waals surface area (Å²) in [5, 5.41) is 11.0. The third-order valence-corrected chi connectivity index (χ3v) is 2.11. The molecule has 76 valence electrons. The van der Waals surface area contributed by atoms with Crippen LogP contribution in [-0.4, -0.2) is 34.9 Å². The minimum Gasteiger partial charge on any atom is -0.409 e. The van der Waals surface area contributed by atoms with Crippen LogP contribution in [0.4, 0.5) is 0 Å². The molecule has 0 saturated heterocycles. The van der Waals surface area contributed by atoms with Gasteiger partial charge in [0.25, 0.3) is 0 Å². The molecule has 5 heteroatoms. The lowest BCUT2D eigenvalue weighted by atomic mass is 10.2. The van der Waals surface area contributed by atoms with E-state index in [9.17, 15) is 4.79 Å². The highest BCUT2D eigenvalue weighted by Gasteiger charge is 2.15. The second-order valence-electron chi connectivity index (χ2n) is 3.03. The normalized spacial score (nSPS) is 13.9. The van der Waals surface area contributed by atoms with Crippen LogP contribution in [0.3, 0.4) is 0 Å². The van der Waals surface area contributed by atoms with E-state index < -0.39 is 0 Å². The maximum Gasteiger partial charge on any atom is 0.230 e. The second-order valence-corrected chi connectivity index (χ2v) is 3.03. The zero-order valence-corrected chi connectivity index (χ0v) is 8.32. The highest BCUT2D eigenvalue weighted by atomic mass is 16.4. The number of carbonyl (C=O) groups excluding carboxylic acids is 1. The van der Waals surface area contributed by atoms with Gasteiger partial charge in [-0.3, -0.25) is 4.79 Å². The predicted molar refractivity (Wildman–Crippen MR) is 50.5 cm³/mol. The number of rotatable bonds is 4. The van der Waals surface area contributed by atoms with Gasteiger partial charge in [0.05, 0.1) is 6.42 Å². The summed E-state index contributed by atoms with van der Waals surface area (Å²) in [5.74, 6) is -0.190.